The van der Waals surface area contributed by atoms with Crippen LogP contribution < -0.4 is 9.47 Å². The van der Waals surface area contributed by atoms with Crippen LogP contribution in [-0.2, 0) is 0 Å². The molecule has 0 N–H and O–H groups in total. The van der Waals surface area contributed by atoms with Gasteiger partial charge < -0.3 is 13.9 Å². The molecule has 0 saturated carbocycles. The monoisotopic (exact) mass is 374 g/mol. The van der Waals surface area contributed by atoms with E-state index in [9.17, 15) is 0 Å². The van der Waals surface area contributed by atoms with Crippen LogP contribution in [0, 0.1) is 0 Å². The largest absolute Gasteiger partial charge is 0.497 e. The second-order valence-electron chi connectivity index (χ2n) is 6.51. The smallest absolute Gasteiger partial charge is 0.138 e. The molecule has 1 aromatic carbocycles. The van der Waals surface area contributed by atoms with E-state index in [0.29, 0.717) is 5.75 Å². The van der Waals surface area contributed by atoms with Crippen molar-refractivity contribution in [1.29, 1.82) is 0 Å². The van der Waals surface area contributed by atoms with Gasteiger partial charge >= 0.3 is 0 Å². The van der Waals surface area contributed by atoms with Gasteiger partial charge in [0.25, 0.3) is 0 Å². The summed E-state index contributed by atoms with van der Waals surface area (Å²) in [5, 5.41) is 0. The Morgan fingerprint density at radius 2 is 2.00 bits per heavy atom. The Balaban J connectivity index is 1.66. The van der Waals surface area contributed by atoms with E-state index in [0.717, 1.165) is 53.5 Å². The number of aromatic nitrogens is 1. The number of furan rings is 1. The topological polar surface area (TPSA) is 56.9 Å². The van der Waals surface area contributed by atoms with Crippen LogP contribution in [0.15, 0.2) is 69.8 Å². The average molecular weight is 374 g/mol. The Labute approximate surface area is 164 Å². The highest BCUT2D eigenvalue weighted by Crippen LogP contribution is 2.35. The van der Waals surface area contributed by atoms with Crippen LogP contribution in [0.1, 0.15) is 24.2 Å². The molecule has 28 heavy (non-hydrogen) atoms. The maximum absolute atomic E-state index is 6.10. The third kappa shape index (κ3) is 3.69. The maximum atomic E-state index is 6.10. The van der Waals surface area contributed by atoms with Gasteiger partial charge in [0.1, 0.15) is 23.0 Å². The van der Waals surface area contributed by atoms with Gasteiger partial charge in [-0.1, -0.05) is 0 Å². The number of benzene rings is 1. The highest BCUT2D eigenvalue weighted by Gasteiger charge is 2.16. The van der Waals surface area contributed by atoms with Gasteiger partial charge in [0.05, 0.1) is 25.5 Å². The molecule has 1 aliphatic rings. The first kappa shape index (κ1) is 18.0. The zero-order valence-corrected chi connectivity index (χ0v) is 16.0. The molecule has 1 aliphatic heterocycles. The summed E-state index contributed by atoms with van der Waals surface area (Å²) in [4.78, 5) is 8.94. The Hall–Kier alpha value is -3.34. The lowest BCUT2D eigenvalue weighted by atomic mass is 9.96. The van der Waals surface area contributed by atoms with Gasteiger partial charge in [0, 0.05) is 30.6 Å². The van der Waals surface area contributed by atoms with Gasteiger partial charge in [-0.15, -0.1) is 0 Å². The maximum Gasteiger partial charge on any atom is 0.138 e. The standard InChI is InChI=1S/C23H22N2O3/c1-26-18-7-9-20(22(14-18)27-2)21-10-8-19(28-21)13-16-5-4-12-25-23(16)17-6-3-11-24-15-17/h3,6-11,13-15H,4-5,12H2,1-2H3/b16-13+. The molecule has 0 amide bonds. The SMILES string of the molecule is COc1ccc(-c2ccc(/C=C3\CCCN=C3c3cccnc3)o2)c(OC)c1. The normalized spacial score (nSPS) is 15.4. The Morgan fingerprint density at radius 3 is 2.79 bits per heavy atom. The molecule has 5 heteroatoms. The van der Waals surface area contributed by atoms with Crippen molar-refractivity contribution in [1.82, 2.24) is 4.98 Å². The summed E-state index contributed by atoms with van der Waals surface area (Å²) >= 11 is 0. The molecule has 142 valence electrons. The summed E-state index contributed by atoms with van der Waals surface area (Å²) in [6.45, 7) is 0.841. The summed E-state index contributed by atoms with van der Waals surface area (Å²) in [5.74, 6) is 3.00. The molecule has 0 radical (unpaired) electrons. The zero-order chi connectivity index (χ0) is 19.3. The fraction of sp³-hybridized carbons (Fsp3) is 0.217. The van der Waals surface area contributed by atoms with Crippen molar-refractivity contribution in [3.05, 3.63) is 71.8 Å². The van der Waals surface area contributed by atoms with Crippen LogP contribution in [0.5, 0.6) is 11.5 Å². The summed E-state index contributed by atoms with van der Waals surface area (Å²) in [6.07, 6.45) is 7.71. The molecule has 3 heterocycles. The van der Waals surface area contributed by atoms with E-state index in [-0.39, 0.29) is 0 Å². The number of ether oxygens (including phenoxy) is 2. The van der Waals surface area contributed by atoms with Gasteiger partial charge in [-0.3, -0.25) is 9.98 Å². The molecule has 0 spiro atoms. The molecule has 0 bridgehead atoms. The molecule has 0 atom stereocenters. The van der Waals surface area contributed by atoms with E-state index in [4.69, 9.17) is 18.9 Å². The highest BCUT2D eigenvalue weighted by atomic mass is 16.5. The fourth-order valence-electron chi connectivity index (χ4n) is 3.35. The predicted molar refractivity (Wildman–Crippen MR) is 110 cm³/mol. The first-order chi connectivity index (χ1) is 13.8. The number of nitrogens with zero attached hydrogens (tertiary/aromatic N) is 2. The quantitative estimate of drug-likeness (QED) is 0.629. The van der Waals surface area contributed by atoms with Gasteiger partial charge in [-0.25, -0.2) is 0 Å². The first-order valence-electron chi connectivity index (χ1n) is 9.26. The van der Waals surface area contributed by atoms with Crippen LogP contribution in [-0.4, -0.2) is 31.5 Å². The predicted octanol–water partition coefficient (Wildman–Crippen LogP) is 5.03. The average Bonchev–Trinajstić information content (AvgIpc) is 3.22. The van der Waals surface area contributed by atoms with Crippen molar-refractivity contribution in [3.63, 3.8) is 0 Å². The van der Waals surface area contributed by atoms with E-state index >= 15 is 0 Å². The summed E-state index contributed by atoms with van der Waals surface area (Å²) < 4.78 is 16.9. The van der Waals surface area contributed by atoms with Crippen molar-refractivity contribution >= 4 is 11.8 Å². The Kier molecular flexibility index (Phi) is 5.24. The second-order valence-corrected chi connectivity index (χ2v) is 6.51. The van der Waals surface area contributed by atoms with Crippen LogP contribution in [0.25, 0.3) is 17.4 Å². The fourth-order valence-corrected chi connectivity index (χ4v) is 3.35. The molecule has 0 saturated heterocycles. The molecule has 5 nitrogen and oxygen atoms in total. The molecule has 0 fully saturated rings. The number of rotatable bonds is 5. The third-order valence-electron chi connectivity index (χ3n) is 4.73. The van der Waals surface area contributed by atoms with Crippen LogP contribution in [0.2, 0.25) is 0 Å². The minimum Gasteiger partial charge on any atom is -0.497 e. The second kappa shape index (κ2) is 8.13. The van der Waals surface area contributed by atoms with E-state index in [1.807, 2.05) is 48.7 Å². The van der Waals surface area contributed by atoms with Crippen LogP contribution >= 0.6 is 0 Å². The molecule has 0 aliphatic carbocycles. The third-order valence-corrected chi connectivity index (χ3v) is 4.73. The van der Waals surface area contributed by atoms with Crippen molar-refractivity contribution in [2.45, 2.75) is 12.8 Å². The van der Waals surface area contributed by atoms with Gasteiger partial charge in [0.15, 0.2) is 0 Å². The molecule has 4 rings (SSSR count). The minimum atomic E-state index is 0.711. The van der Waals surface area contributed by atoms with Gasteiger partial charge in [-0.05, 0) is 60.9 Å². The number of hydrogen-bond acceptors (Lipinski definition) is 5. The summed E-state index contributed by atoms with van der Waals surface area (Å²) in [5.41, 5.74) is 4.09. The van der Waals surface area contributed by atoms with Crippen LogP contribution in [0.3, 0.4) is 0 Å². The number of methoxy groups -OCH3 is 2. The van der Waals surface area contributed by atoms with Gasteiger partial charge in [-0.2, -0.15) is 0 Å². The lowest BCUT2D eigenvalue weighted by Crippen LogP contribution is -2.11. The van der Waals surface area contributed by atoms with Crippen molar-refractivity contribution < 1.29 is 13.9 Å². The number of hydrogen-bond donors (Lipinski definition) is 0. The number of allylic oxidation sites excluding steroid dienone is 1. The van der Waals surface area contributed by atoms with Crippen molar-refractivity contribution in [3.8, 4) is 22.8 Å². The zero-order valence-electron chi connectivity index (χ0n) is 16.0. The molecule has 0 unspecified atom stereocenters. The van der Waals surface area contributed by atoms with Gasteiger partial charge in [0.2, 0.25) is 0 Å². The van der Waals surface area contributed by atoms with E-state index in [1.54, 1.807) is 20.4 Å². The Bertz CT molecular complexity index is 1020. The molecular weight excluding hydrogens is 352 g/mol. The number of pyridine rings is 1. The van der Waals surface area contributed by atoms with E-state index in [2.05, 4.69) is 11.1 Å². The minimum absolute atomic E-state index is 0.711. The first-order valence-corrected chi connectivity index (χ1v) is 9.26. The molecule has 2 aromatic heterocycles. The lowest BCUT2D eigenvalue weighted by molar-refractivity contribution is 0.394. The van der Waals surface area contributed by atoms with Crippen LogP contribution in [0.4, 0.5) is 0 Å². The summed E-state index contributed by atoms with van der Waals surface area (Å²) in [6, 6.07) is 13.6. The summed E-state index contributed by atoms with van der Waals surface area (Å²) in [7, 11) is 3.28. The lowest BCUT2D eigenvalue weighted by Gasteiger charge is -2.15. The van der Waals surface area contributed by atoms with Crippen molar-refractivity contribution in [2.75, 3.05) is 20.8 Å². The van der Waals surface area contributed by atoms with Crippen molar-refractivity contribution in [2.24, 2.45) is 4.99 Å². The van der Waals surface area contributed by atoms with E-state index in [1.165, 1.54) is 5.57 Å². The molecular formula is C23H22N2O3. The van der Waals surface area contributed by atoms with E-state index < -0.39 is 0 Å². The number of aliphatic imine (C=N–C) groups is 1. The highest BCUT2D eigenvalue weighted by molar-refractivity contribution is 6.15. The Morgan fingerprint density at radius 1 is 1.07 bits per heavy atom. The molecule has 3 aromatic rings.